The molecule has 3 aliphatic rings. The molecule has 5 nitrogen and oxygen atoms in total. The molecule has 2 saturated carbocycles. The number of amides is 1. The van der Waals surface area contributed by atoms with Crippen molar-refractivity contribution in [2.75, 3.05) is 17.4 Å². The van der Waals surface area contributed by atoms with Crippen LogP contribution in [0.15, 0.2) is 41.3 Å². The van der Waals surface area contributed by atoms with E-state index in [1.807, 2.05) is 18.2 Å². The normalized spacial score (nSPS) is 27.4. The van der Waals surface area contributed by atoms with Crippen LogP contribution >= 0.6 is 0 Å². The van der Waals surface area contributed by atoms with Crippen LogP contribution in [0, 0.1) is 17.8 Å². The van der Waals surface area contributed by atoms with Gasteiger partial charge < -0.3 is 5.32 Å². The first-order chi connectivity index (χ1) is 13.0. The Labute approximate surface area is 159 Å². The molecule has 2 aromatic carbocycles. The number of nitrogens with one attached hydrogen (secondary N) is 1. The summed E-state index contributed by atoms with van der Waals surface area (Å²) in [5.74, 6) is 2.26. The highest BCUT2D eigenvalue weighted by Crippen LogP contribution is 2.49. The van der Waals surface area contributed by atoms with Crippen molar-refractivity contribution in [3.8, 4) is 0 Å². The molecule has 0 aromatic heterocycles. The first kappa shape index (κ1) is 17.0. The average molecular weight is 385 g/mol. The Morgan fingerprint density at radius 2 is 1.93 bits per heavy atom. The summed E-state index contributed by atoms with van der Waals surface area (Å²) in [6.45, 7) is 0.477. The van der Waals surface area contributed by atoms with Crippen LogP contribution in [0.3, 0.4) is 0 Å². The van der Waals surface area contributed by atoms with Crippen molar-refractivity contribution in [3.63, 3.8) is 0 Å². The molecular formula is C21H24N2O3S. The van der Waals surface area contributed by atoms with Crippen LogP contribution in [-0.4, -0.2) is 27.4 Å². The number of nitrogens with zero attached hydrogens (tertiary/aromatic N) is 1. The lowest BCUT2D eigenvalue weighted by Crippen LogP contribution is -2.39. The Bertz CT molecular complexity index is 1010. The van der Waals surface area contributed by atoms with Gasteiger partial charge >= 0.3 is 0 Å². The second-order valence-electron chi connectivity index (χ2n) is 8.22. The van der Waals surface area contributed by atoms with Crippen molar-refractivity contribution in [1.29, 1.82) is 0 Å². The van der Waals surface area contributed by atoms with Gasteiger partial charge in [-0.15, -0.1) is 0 Å². The zero-order valence-electron chi connectivity index (χ0n) is 15.2. The zero-order chi connectivity index (χ0) is 18.6. The number of carbonyl (C=O) groups excluding carboxylic acids is 1. The van der Waals surface area contributed by atoms with Gasteiger partial charge in [-0.3, -0.25) is 9.10 Å². The summed E-state index contributed by atoms with van der Waals surface area (Å²) in [4.78, 5) is 12.8. The number of hydrogen-bond donors (Lipinski definition) is 1. The second kappa shape index (κ2) is 6.23. The Hall–Kier alpha value is -2.08. The summed E-state index contributed by atoms with van der Waals surface area (Å²) in [6.07, 6.45) is 6.41. The SMILES string of the molecule is O=C(CN1c2cccc3cccc(c23)S1(=O)=O)NCCC1CC2CCC1C2. The maximum atomic E-state index is 12.9. The maximum absolute atomic E-state index is 12.9. The third kappa shape index (κ3) is 2.73. The predicted octanol–water partition coefficient (Wildman–Crippen LogP) is 3.29. The van der Waals surface area contributed by atoms with Gasteiger partial charge in [-0.25, -0.2) is 8.42 Å². The molecule has 1 N–H and O–H groups in total. The van der Waals surface area contributed by atoms with Gasteiger partial charge in [0.1, 0.15) is 6.54 Å². The van der Waals surface area contributed by atoms with Crippen molar-refractivity contribution >= 4 is 32.4 Å². The molecule has 0 radical (unpaired) electrons. The third-order valence-electron chi connectivity index (χ3n) is 6.69. The Morgan fingerprint density at radius 3 is 2.67 bits per heavy atom. The van der Waals surface area contributed by atoms with Crippen molar-refractivity contribution in [3.05, 3.63) is 36.4 Å². The number of carbonyl (C=O) groups is 1. The molecule has 2 bridgehead atoms. The minimum absolute atomic E-state index is 0.160. The van der Waals surface area contributed by atoms with E-state index in [4.69, 9.17) is 0 Å². The molecule has 1 heterocycles. The van der Waals surface area contributed by atoms with Crippen LogP contribution in [0.25, 0.3) is 10.8 Å². The largest absolute Gasteiger partial charge is 0.355 e. The molecule has 3 unspecified atom stereocenters. The first-order valence-corrected chi connectivity index (χ1v) is 11.3. The highest BCUT2D eigenvalue weighted by molar-refractivity contribution is 7.93. The van der Waals surface area contributed by atoms with E-state index < -0.39 is 10.0 Å². The van der Waals surface area contributed by atoms with Gasteiger partial charge in [-0.05, 0) is 61.0 Å². The molecule has 142 valence electrons. The van der Waals surface area contributed by atoms with Crippen LogP contribution in [-0.2, 0) is 14.8 Å². The van der Waals surface area contributed by atoms with E-state index in [9.17, 15) is 13.2 Å². The summed E-state index contributed by atoms with van der Waals surface area (Å²) >= 11 is 0. The van der Waals surface area contributed by atoms with E-state index in [0.29, 0.717) is 17.1 Å². The molecule has 2 fully saturated rings. The number of benzene rings is 2. The van der Waals surface area contributed by atoms with Crippen molar-refractivity contribution in [1.82, 2.24) is 5.32 Å². The molecule has 0 spiro atoms. The summed E-state index contributed by atoms with van der Waals surface area (Å²) in [7, 11) is -3.67. The van der Waals surface area contributed by atoms with Crippen molar-refractivity contribution < 1.29 is 13.2 Å². The van der Waals surface area contributed by atoms with Gasteiger partial charge in [-0.2, -0.15) is 0 Å². The lowest BCUT2D eigenvalue weighted by atomic mass is 9.86. The predicted molar refractivity (Wildman–Crippen MR) is 105 cm³/mol. The van der Waals surface area contributed by atoms with Crippen LogP contribution in [0.5, 0.6) is 0 Å². The number of anilines is 1. The fourth-order valence-electron chi connectivity index (χ4n) is 5.44. The molecule has 0 saturated heterocycles. The van der Waals surface area contributed by atoms with Gasteiger partial charge in [0.15, 0.2) is 0 Å². The van der Waals surface area contributed by atoms with E-state index in [0.717, 1.165) is 34.9 Å². The monoisotopic (exact) mass is 384 g/mol. The van der Waals surface area contributed by atoms with Gasteiger partial charge in [0.2, 0.25) is 5.91 Å². The van der Waals surface area contributed by atoms with Crippen LogP contribution < -0.4 is 9.62 Å². The molecule has 3 atom stereocenters. The highest BCUT2D eigenvalue weighted by atomic mass is 32.2. The summed E-state index contributed by atoms with van der Waals surface area (Å²) in [5.41, 5.74) is 0.603. The van der Waals surface area contributed by atoms with E-state index in [2.05, 4.69) is 5.32 Å². The Kier molecular flexibility index (Phi) is 3.93. The molecule has 5 rings (SSSR count). The lowest BCUT2D eigenvalue weighted by molar-refractivity contribution is -0.119. The van der Waals surface area contributed by atoms with E-state index in [1.165, 1.54) is 30.0 Å². The summed E-state index contributed by atoms with van der Waals surface area (Å²) < 4.78 is 27.1. The van der Waals surface area contributed by atoms with Crippen molar-refractivity contribution in [2.24, 2.45) is 17.8 Å². The minimum atomic E-state index is -3.67. The van der Waals surface area contributed by atoms with E-state index >= 15 is 0 Å². The molecule has 27 heavy (non-hydrogen) atoms. The fraction of sp³-hybridized carbons (Fsp3) is 0.476. The molecule has 2 aliphatic carbocycles. The van der Waals surface area contributed by atoms with Gasteiger partial charge in [-0.1, -0.05) is 30.7 Å². The molecule has 2 aromatic rings. The second-order valence-corrected chi connectivity index (χ2v) is 10.0. The third-order valence-corrected chi connectivity index (χ3v) is 8.49. The van der Waals surface area contributed by atoms with Gasteiger partial charge in [0.25, 0.3) is 10.0 Å². The van der Waals surface area contributed by atoms with E-state index in [1.54, 1.807) is 18.2 Å². The number of rotatable bonds is 5. The highest BCUT2D eigenvalue weighted by Gasteiger charge is 2.39. The van der Waals surface area contributed by atoms with Crippen molar-refractivity contribution in [2.45, 2.75) is 37.0 Å². The quantitative estimate of drug-likeness (QED) is 0.860. The van der Waals surface area contributed by atoms with E-state index in [-0.39, 0.29) is 12.5 Å². The smallest absolute Gasteiger partial charge is 0.265 e. The number of sulfonamides is 1. The topological polar surface area (TPSA) is 66.5 Å². The first-order valence-electron chi connectivity index (χ1n) is 9.85. The average Bonchev–Trinajstić information content (AvgIpc) is 3.33. The maximum Gasteiger partial charge on any atom is 0.265 e. The van der Waals surface area contributed by atoms with Crippen LogP contribution in [0.2, 0.25) is 0 Å². The summed E-state index contributed by atoms with van der Waals surface area (Å²) in [6, 6.07) is 10.8. The minimum Gasteiger partial charge on any atom is -0.355 e. The fourth-order valence-corrected chi connectivity index (χ4v) is 7.11. The van der Waals surface area contributed by atoms with Gasteiger partial charge in [0, 0.05) is 11.9 Å². The lowest BCUT2D eigenvalue weighted by Gasteiger charge is -2.22. The number of fused-ring (bicyclic) bond motifs is 2. The molecule has 1 aliphatic heterocycles. The number of hydrogen-bond acceptors (Lipinski definition) is 3. The van der Waals surface area contributed by atoms with Crippen LogP contribution in [0.4, 0.5) is 5.69 Å². The summed E-state index contributed by atoms with van der Waals surface area (Å²) in [5, 5.41) is 4.55. The Morgan fingerprint density at radius 1 is 1.11 bits per heavy atom. The molecular weight excluding hydrogens is 360 g/mol. The Balaban J connectivity index is 1.27. The van der Waals surface area contributed by atoms with Crippen LogP contribution in [0.1, 0.15) is 32.1 Å². The standard InChI is InChI=1S/C21H24N2O3S/c24-20(22-10-9-17-12-14-7-8-16(17)11-14)13-23-18-5-1-3-15-4-2-6-19(21(15)18)27(23,25)26/h1-6,14,16-17H,7-13H2,(H,22,24). The zero-order valence-corrected chi connectivity index (χ0v) is 16.0. The molecule has 1 amide bonds. The molecule has 6 heteroatoms. The van der Waals surface area contributed by atoms with Gasteiger partial charge in [0.05, 0.1) is 10.6 Å².